The number of rotatable bonds is 7. The Labute approximate surface area is 96.9 Å². The SMILES string of the molecule is CCN(Cc1ccccn1)CC(O)COC. The molecule has 0 aliphatic heterocycles. The molecular weight excluding hydrogens is 204 g/mol. The lowest BCUT2D eigenvalue weighted by molar-refractivity contribution is 0.0368. The van der Waals surface area contributed by atoms with Gasteiger partial charge in [0.05, 0.1) is 18.4 Å². The first-order valence-electron chi connectivity index (χ1n) is 5.55. The predicted octanol–water partition coefficient (Wildman–Crippen LogP) is 0.911. The first-order valence-corrected chi connectivity index (χ1v) is 5.55. The highest BCUT2D eigenvalue weighted by Gasteiger charge is 2.10. The second-order valence-corrected chi connectivity index (χ2v) is 3.76. The highest BCUT2D eigenvalue weighted by Crippen LogP contribution is 2.02. The van der Waals surface area contributed by atoms with Crippen LogP contribution in [0, 0.1) is 0 Å². The normalized spacial score (nSPS) is 13.0. The lowest BCUT2D eigenvalue weighted by Crippen LogP contribution is -2.34. The maximum absolute atomic E-state index is 9.64. The summed E-state index contributed by atoms with van der Waals surface area (Å²) in [5, 5.41) is 9.64. The molecule has 90 valence electrons. The van der Waals surface area contributed by atoms with E-state index in [1.54, 1.807) is 13.3 Å². The second kappa shape index (κ2) is 7.33. The zero-order chi connectivity index (χ0) is 11.8. The number of nitrogens with zero attached hydrogens (tertiary/aromatic N) is 2. The first-order chi connectivity index (χ1) is 7.76. The average Bonchev–Trinajstić information content (AvgIpc) is 2.30. The second-order valence-electron chi connectivity index (χ2n) is 3.76. The van der Waals surface area contributed by atoms with Crippen LogP contribution in [-0.4, -0.2) is 47.9 Å². The van der Waals surface area contributed by atoms with Gasteiger partial charge >= 0.3 is 0 Å². The van der Waals surface area contributed by atoms with E-state index in [9.17, 15) is 5.11 Å². The molecule has 1 atom stereocenters. The van der Waals surface area contributed by atoms with Crippen LogP contribution in [0.25, 0.3) is 0 Å². The van der Waals surface area contributed by atoms with Crippen molar-refractivity contribution in [1.82, 2.24) is 9.88 Å². The Balaban J connectivity index is 2.43. The van der Waals surface area contributed by atoms with E-state index in [-0.39, 0.29) is 0 Å². The van der Waals surface area contributed by atoms with E-state index >= 15 is 0 Å². The molecule has 0 saturated carbocycles. The van der Waals surface area contributed by atoms with Crippen molar-refractivity contribution in [3.63, 3.8) is 0 Å². The molecule has 0 fully saturated rings. The van der Waals surface area contributed by atoms with Crippen LogP contribution in [-0.2, 0) is 11.3 Å². The summed E-state index contributed by atoms with van der Waals surface area (Å²) in [4.78, 5) is 6.41. The molecule has 0 amide bonds. The Bertz CT molecular complexity index is 280. The van der Waals surface area contributed by atoms with Crippen molar-refractivity contribution in [1.29, 1.82) is 0 Å². The predicted molar refractivity (Wildman–Crippen MR) is 63.1 cm³/mol. The Kier molecular flexibility index (Phi) is 6.00. The lowest BCUT2D eigenvalue weighted by Gasteiger charge is -2.22. The minimum atomic E-state index is -0.436. The molecular formula is C12H20N2O2. The van der Waals surface area contributed by atoms with Crippen LogP contribution in [0.2, 0.25) is 0 Å². The standard InChI is InChI=1S/C12H20N2O2/c1-3-14(9-12(15)10-16-2)8-11-6-4-5-7-13-11/h4-7,12,15H,3,8-10H2,1-2H3. The van der Waals surface area contributed by atoms with Crippen LogP contribution in [0.1, 0.15) is 12.6 Å². The molecule has 16 heavy (non-hydrogen) atoms. The molecule has 0 spiro atoms. The van der Waals surface area contributed by atoms with Gasteiger partial charge in [-0.15, -0.1) is 0 Å². The molecule has 0 aliphatic rings. The molecule has 0 saturated heterocycles. The number of ether oxygens (including phenoxy) is 1. The minimum absolute atomic E-state index is 0.374. The van der Waals surface area contributed by atoms with Crippen LogP contribution < -0.4 is 0 Å². The van der Waals surface area contributed by atoms with Crippen molar-refractivity contribution in [3.05, 3.63) is 30.1 Å². The number of methoxy groups -OCH3 is 1. The number of hydrogen-bond acceptors (Lipinski definition) is 4. The molecule has 4 heteroatoms. The molecule has 1 heterocycles. The number of pyridine rings is 1. The van der Waals surface area contributed by atoms with E-state index < -0.39 is 6.10 Å². The molecule has 0 aliphatic carbocycles. The minimum Gasteiger partial charge on any atom is -0.389 e. The number of aliphatic hydroxyl groups is 1. The van der Waals surface area contributed by atoms with Crippen molar-refractivity contribution >= 4 is 0 Å². The van der Waals surface area contributed by atoms with Crippen LogP contribution in [0.5, 0.6) is 0 Å². The largest absolute Gasteiger partial charge is 0.389 e. The summed E-state index contributed by atoms with van der Waals surface area (Å²) >= 11 is 0. The Morgan fingerprint density at radius 1 is 1.50 bits per heavy atom. The third kappa shape index (κ3) is 4.70. The topological polar surface area (TPSA) is 45.6 Å². The van der Waals surface area contributed by atoms with Gasteiger partial charge in [-0.1, -0.05) is 13.0 Å². The quantitative estimate of drug-likeness (QED) is 0.748. The summed E-state index contributed by atoms with van der Waals surface area (Å²) in [6.07, 6.45) is 1.35. The maximum atomic E-state index is 9.64. The number of likely N-dealkylation sites (N-methyl/N-ethyl adjacent to an activating group) is 1. The fourth-order valence-electron chi connectivity index (χ4n) is 1.57. The van der Waals surface area contributed by atoms with Gasteiger partial charge in [-0.25, -0.2) is 0 Å². The molecule has 1 unspecified atom stereocenters. The summed E-state index contributed by atoms with van der Waals surface area (Å²) in [5.74, 6) is 0. The van der Waals surface area contributed by atoms with Crippen molar-refractivity contribution in [3.8, 4) is 0 Å². The van der Waals surface area contributed by atoms with Crippen molar-refractivity contribution in [2.75, 3.05) is 26.8 Å². The molecule has 1 rings (SSSR count). The van der Waals surface area contributed by atoms with Gasteiger partial charge in [-0.2, -0.15) is 0 Å². The third-order valence-corrected chi connectivity index (χ3v) is 2.39. The van der Waals surface area contributed by atoms with Crippen LogP contribution >= 0.6 is 0 Å². The van der Waals surface area contributed by atoms with E-state index in [1.165, 1.54) is 0 Å². The molecule has 0 radical (unpaired) electrons. The fraction of sp³-hybridized carbons (Fsp3) is 0.583. The number of hydrogen-bond donors (Lipinski definition) is 1. The summed E-state index contributed by atoms with van der Waals surface area (Å²) in [7, 11) is 1.60. The van der Waals surface area contributed by atoms with Gasteiger partial charge < -0.3 is 9.84 Å². The molecule has 0 bridgehead atoms. The van der Waals surface area contributed by atoms with Gasteiger partial charge in [-0.3, -0.25) is 9.88 Å². The van der Waals surface area contributed by atoms with Crippen molar-refractivity contribution in [2.45, 2.75) is 19.6 Å². The van der Waals surface area contributed by atoms with Crippen molar-refractivity contribution < 1.29 is 9.84 Å². The van der Waals surface area contributed by atoms with Crippen LogP contribution in [0.15, 0.2) is 24.4 Å². The Morgan fingerprint density at radius 2 is 2.31 bits per heavy atom. The summed E-state index contributed by atoms with van der Waals surface area (Å²) in [6.45, 7) is 4.71. The van der Waals surface area contributed by atoms with E-state index in [2.05, 4.69) is 16.8 Å². The lowest BCUT2D eigenvalue weighted by atomic mass is 10.3. The summed E-state index contributed by atoms with van der Waals surface area (Å²) in [6, 6.07) is 5.87. The zero-order valence-electron chi connectivity index (χ0n) is 9.97. The van der Waals surface area contributed by atoms with Gasteiger partial charge in [0.2, 0.25) is 0 Å². The molecule has 0 aromatic carbocycles. The molecule has 1 N–H and O–H groups in total. The van der Waals surface area contributed by atoms with E-state index in [4.69, 9.17) is 4.74 Å². The summed E-state index contributed by atoms with van der Waals surface area (Å²) in [5.41, 5.74) is 1.02. The van der Waals surface area contributed by atoms with Crippen LogP contribution in [0.4, 0.5) is 0 Å². The Morgan fingerprint density at radius 3 is 2.88 bits per heavy atom. The van der Waals surface area contributed by atoms with Crippen molar-refractivity contribution in [2.24, 2.45) is 0 Å². The molecule has 1 aromatic heterocycles. The Hall–Kier alpha value is -0.970. The van der Waals surface area contributed by atoms with Gasteiger partial charge in [0.1, 0.15) is 0 Å². The van der Waals surface area contributed by atoms with Crippen LogP contribution in [0.3, 0.4) is 0 Å². The zero-order valence-corrected chi connectivity index (χ0v) is 9.97. The smallest absolute Gasteiger partial charge is 0.0900 e. The van der Waals surface area contributed by atoms with E-state index in [0.29, 0.717) is 13.2 Å². The van der Waals surface area contributed by atoms with E-state index in [1.807, 2.05) is 18.2 Å². The van der Waals surface area contributed by atoms with E-state index in [0.717, 1.165) is 18.8 Å². The third-order valence-electron chi connectivity index (χ3n) is 2.39. The molecule has 1 aromatic rings. The highest BCUT2D eigenvalue weighted by molar-refractivity contribution is 5.03. The highest BCUT2D eigenvalue weighted by atomic mass is 16.5. The fourth-order valence-corrected chi connectivity index (χ4v) is 1.57. The number of aliphatic hydroxyl groups excluding tert-OH is 1. The van der Waals surface area contributed by atoms with Gasteiger partial charge in [0.25, 0.3) is 0 Å². The molecule has 4 nitrogen and oxygen atoms in total. The number of aromatic nitrogens is 1. The first kappa shape index (κ1) is 13.1. The monoisotopic (exact) mass is 224 g/mol. The average molecular weight is 224 g/mol. The van der Waals surface area contributed by atoms with Gasteiger partial charge in [0, 0.05) is 26.4 Å². The van der Waals surface area contributed by atoms with Gasteiger partial charge in [0.15, 0.2) is 0 Å². The van der Waals surface area contributed by atoms with Gasteiger partial charge in [-0.05, 0) is 18.7 Å². The summed E-state index contributed by atoms with van der Waals surface area (Å²) < 4.78 is 4.91. The maximum Gasteiger partial charge on any atom is 0.0900 e.